The maximum atomic E-state index is 12.4. The molecule has 0 saturated heterocycles. The second kappa shape index (κ2) is 8.06. The average molecular weight is 352 g/mol. The van der Waals surface area contributed by atoms with Gasteiger partial charge in [-0.05, 0) is 54.3 Å². The first-order valence-corrected chi connectivity index (χ1v) is 8.70. The molecule has 0 aliphatic carbocycles. The normalized spacial score (nSPS) is 14.6. The molecule has 136 valence electrons. The molecule has 1 aliphatic heterocycles. The lowest BCUT2D eigenvalue weighted by molar-refractivity contribution is -0.117. The van der Waals surface area contributed by atoms with Crippen molar-refractivity contribution in [3.63, 3.8) is 0 Å². The van der Waals surface area contributed by atoms with Gasteiger partial charge in [-0.15, -0.1) is 0 Å². The van der Waals surface area contributed by atoms with Crippen LogP contribution in [0, 0.1) is 6.92 Å². The highest BCUT2D eigenvalue weighted by atomic mass is 16.5. The molecule has 2 aromatic rings. The van der Waals surface area contributed by atoms with E-state index in [1.165, 1.54) is 5.57 Å². The number of aryl methyl sites for hydroxylation is 1. The number of hydrogen-bond acceptors (Lipinski definition) is 4. The summed E-state index contributed by atoms with van der Waals surface area (Å²) in [4.78, 5) is 14.5. The first-order valence-electron chi connectivity index (χ1n) is 8.70. The Labute approximate surface area is 153 Å². The van der Waals surface area contributed by atoms with Crippen LogP contribution in [-0.2, 0) is 4.79 Å². The summed E-state index contributed by atoms with van der Waals surface area (Å²) in [5.41, 5.74) is 4.15. The summed E-state index contributed by atoms with van der Waals surface area (Å²) in [5, 5.41) is 12.3. The maximum Gasteiger partial charge on any atom is 0.238 e. The molecule has 5 heteroatoms. The van der Waals surface area contributed by atoms with Crippen molar-refractivity contribution in [3.05, 3.63) is 59.7 Å². The number of rotatable bonds is 5. The molecule has 2 aromatic carbocycles. The summed E-state index contributed by atoms with van der Waals surface area (Å²) in [7, 11) is 1.60. The summed E-state index contributed by atoms with van der Waals surface area (Å²) in [6.07, 6.45) is 3.03. The molecule has 0 saturated carbocycles. The van der Waals surface area contributed by atoms with Crippen molar-refractivity contribution in [3.8, 4) is 11.5 Å². The summed E-state index contributed by atoms with van der Waals surface area (Å²) < 4.78 is 5.31. The minimum atomic E-state index is -0.0459. The van der Waals surface area contributed by atoms with Crippen molar-refractivity contribution in [1.82, 2.24) is 4.90 Å². The number of carbonyl (C=O) groups is 1. The molecule has 0 radical (unpaired) electrons. The lowest BCUT2D eigenvalue weighted by Crippen LogP contribution is -2.36. The molecule has 0 unspecified atom stereocenters. The number of nitrogens with one attached hydrogen (secondary N) is 1. The Kier molecular flexibility index (Phi) is 5.58. The highest BCUT2D eigenvalue weighted by Crippen LogP contribution is 2.26. The van der Waals surface area contributed by atoms with Crippen molar-refractivity contribution in [2.45, 2.75) is 13.3 Å². The molecule has 5 nitrogen and oxygen atoms in total. The zero-order chi connectivity index (χ0) is 18.5. The SMILES string of the molecule is COc1ccc(C)cc1NC(=O)CN1CC=C(c2ccc(O)cc2)CC1. The molecule has 0 atom stereocenters. The van der Waals surface area contributed by atoms with Crippen molar-refractivity contribution < 1.29 is 14.6 Å². The van der Waals surface area contributed by atoms with E-state index < -0.39 is 0 Å². The van der Waals surface area contributed by atoms with Gasteiger partial charge in [-0.1, -0.05) is 24.3 Å². The molecule has 1 amide bonds. The van der Waals surface area contributed by atoms with Crippen LogP contribution in [0.15, 0.2) is 48.5 Å². The van der Waals surface area contributed by atoms with Crippen molar-refractivity contribution in [2.24, 2.45) is 0 Å². The van der Waals surface area contributed by atoms with Crippen molar-refractivity contribution in [1.29, 1.82) is 0 Å². The van der Waals surface area contributed by atoms with Crippen LogP contribution in [0.4, 0.5) is 5.69 Å². The second-order valence-corrected chi connectivity index (χ2v) is 6.51. The fourth-order valence-electron chi connectivity index (χ4n) is 3.10. The third kappa shape index (κ3) is 4.43. The number of amides is 1. The molecular weight excluding hydrogens is 328 g/mol. The van der Waals surface area contributed by atoms with Crippen molar-refractivity contribution >= 4 is 17.2 Å². The minimum Gasteiger partial charge on any atom is -0.508 e. The fraction of sp³-hybridized carbons (Fsp3) is 0.286. The Bertz CT molecular complexity index is 813. The van der Waals surface area contributed by atoms with E-state index in [0.29, 0.717) is 18.0 Å². The van der Waals surface area contributed by atoms with Gasteiger partial charge >= 0.3 is 0 Å². The number of phenolic OH excluding ortho intramolecular Hbond substituents is 1. The Balaban J connectivity index is 1.58. The highest BCUT2D eigenvalue weighted by molar-refractivity contribution is 5.93. The van der Waals surface area contributed by atoms with Gasteiger partial charge in [0.05, 0.1) is 19.3 Å². The number of phenols is 1. The summed E-state index contributed by atoms with van der Waals surface area (Å²) >= 11 is 0. The first kappa shape index (κ1) is 18.0. The second-order valence-electron chi connectivity index (χ2n) is 6.51. The number of aromatic hydroxyl groups is 1. The largest absolute Gasteiger partial charge is 0.508 e. The van der Waals surface area contributed by atoms with Crippen LogP contribution in [0.3, 0.4) is 0 Å². The van der Waals surface area contributed by atoms with Crippen molar-refractivity contribution in [2.75, 3.05) is 32.1 Å². The monoisotopic (exact) mass is 352 g/mol. The lowest BCUT2D eigenvalue weighted by atomic mass is 9.99. The zero-order valence-electron chi connectivity index (χ0n) is 15.2. The maximum absolute atomic E-state index is 12.4. The van der Waals surface area contributed by atoms with Crippen LogP contribution >= 0.6 is 0 Å². The van der Waals surface area contributed by atoms with E-state index in [0.717, 1.165) is 30.6 Å². The average Bonchev–Trinajstić information content (AvgIpc) is 2.63. The van der Waals surface area contributed by atoms with E-state index in [-0.39, 0.29) is 11.7 Å². The lowest BCUT2D eigenvalue weighted by Gasteiger charge is -2.26. The van der Waals surface area contributed by atoms with Gasteiger partial charge < -0.3 is 15.2 Å². The molecule has 26 heavy (non-hydrogen) atoms. The standard InChI is InChI=1S/C21H24N2O3/c1-15-3-8-20(26-2)19(13-15)22-21(25)14-23-11-9-17(10-12-23)16-4-6-18(24)7-5-16/h3-9,13,24H,10-12,14H2,1-2H3,(H,22,25). The number of ether oxygens (including phenoxy) is 1. The van der Waals surface area contributed by atoms with E-state index in [2.05, 4.69) is 16.3 Å². The van der Waals surface area contributed by atoms with E-state index in [1.807, 2.05) is 37.3 Å². The van der Waals surface area contributed by atoms with E-state index in [1.54, 1.807) is 19.2 Å². The minimum absolute atomic E-state index is 0.0459. The van der Waals surface area contributed by atoms with Gasteiger partial charge in [0.15, 0.2) is 0 Å². The number of methoxy groups -OCH3 is 1. The van der Waals surface area contributed by atoms with Gasteiger partial charge in [0.25, 0.3) is 0 Å². The molecule has 3 rings (SSSR count). The fourth-order valence-corrected chi connectivity index (χ4v) is 3.10. The number of nitrogens with zero attached hydrogens (tertiary/aromatic N) is 1. The van der Waals surface area contributed by atoms with Crippen LogP contribution in [-0.4, -0.2) is 42.7 Å². The van der Waals surface area contributed by atoms with Gasteiger partial charge in [-0.25, -0.2) is 0 Å². The van der Waals surface area contributed by atoms with Crippen LogP contribution in [0.2, 0.25) is 0 Å². The van der Waals surface area contributed by atoms with E-state index >= 15 is 0 Å². The Morgan fingerprint density at radius 2 is 2.00 bits per heavy atom. The van der Waals surface area contributed by atoms with Crippen LogP contribution in [0.1, 0.15) is 17.5 Å². The van der Waals surface area contributed by atoms with Gasteiger partial charge in [0.1, 0.15) is 11.5 Å². The van der Waals surface area contributed by atoms with Crippen LogP contribution < -0.4 is 10.1 Å². The molecule has 2 N–H and O–H groups in total. The third-order valence-electron chi connectivity index (χ3n) is 4.53. The molecule has 0 bridgehead atoms. The molecular formula is C21H24N2O3. The number of carbonyl (C=O) groups excluding carboxylic acids is 1. The van der Waals surface area contributed by atoms with Gasteiger partial charge in [-0.2, -0.15) is 0 Å². The van der Waals surface area contributed by atoms with Gasteiger partial charge in [0.2, 0.25) is 5.91 Å². The number of benzene rings is 2. The Hall–Kier alpha value is -2.79. The highest BCUT2D eigenvalue weighted by Gasteiger charge is 2.16. The number of anilines is 1. The van der Waals surface area contributed by atoms with E-state index in [4.69, 9.17) is 4.74 Å². The van der Waals surface area contributed by atoms with Gasteiger partial charge in [-0.3, -0.25) is 9.69 Å². The number of hydrogen-bond donors (Lipinski definition) is 2. The zero-order valence-corrected chi connectivity index (χ0v) is 15.2. The van der Waals surface area contributed by atoms with Gasteiger partial charge in [0, 0.05) is 13.1 Å². The van der Waals surface area contributed by atoms with Crippen LogP contribution in [0.25, 0.3) is 5.57 Å². The Morgan fingerprint density at radius 1 is 1.23 bits per heavy atom. The van der Waals surface area contributed by atoms with E-state index in [9.17, 15) is 9.90 Å². The summed E-state index contributed by atoms with van der Waals surface area (Å²) in [6, 6.07) is 13.0. The molecule has 0 spiro atoms. The summed E-state index contributed by atoms with van der Waals surface area (Å²) in [6.45, 7) is 3.88. The molecule has 1 aliphatic rings. The smallest absolute Gasteiger partial charge is 0.238 e. The Morgan fingerprint density at radius 3 is 2.65 bits per heavy atom. The predicted molar refractivity (Wildman–Crippen MR) is 104 cm³/mol. The predicted octanol–water partition coefficient (Wildman–Crippen LogP) is 3.44. The topological polar surface area (TPSA) is 61.8 Å². The summed E-state index contributed by atoms with van der Waals surface area (Å²) in [5.74, 6) is 0.891. The first-order chi connectivity index (χ1) is 12.5. The molecule has 0 aromatic heterocycles. The quantitative estimate of drug-likeness (QED) is 0.865. The van der Waals surface area contributed by atoms with Crippen LogP contribution in [0.5, 0.6) is 11.5 Å². The molecule has 0 fully saturated rings. The molecule has 1 heterocycles. The third-order valence-corrected chi connectivity index (χ3v) is 4.53.